The van der Waals surface area contributed by atoms with Gasteiger partial charge in [0.25, 0.3) is 10.0 Å². The fourth-order valence-electron chi connectivity index (χ4n) is 3.52. The predicted molar refractivity (Wildman–Crippen MR) is 110 cm³/mol. The summed E-state index contributed by atoms with van der Waals surface area (Å²) in [6.45, 7) is 7.14. The molecule has 0 unspecified atom stereocenters. The normalized spacial score (nSPS) is 13.4. The first-order chi connectivity index (χ1) is 13.1. The minimum absolute atomic E-state index is 0.176. The molecule has 0 radical (unpaired) electrons. The van der Waals surface area contributed by atoms with E-state index in [9.17, 15) is 13.2 Å². The number of hydrogen-bond donors (Lipinski definition) is 1. The summed E-state index contributed by atoms with van der Waals surface area (Å²) in [5.41, 5.74) is 10.1. The molecule has 0 bridgehead atoms. The van der Waals surface area contributed by atoms with E-state index < -0.39 is 21.7 Å². The quantitative estimate of drug-likeness (QED) is 0.828. The van der Waals surface area contributed by atoms with Crippen LogP contribution in [0.5, 0.6) is 0 Å². The fourth-order valence-corrected chi connectivity index (χ4v) is 4.15. The predicted octanol–water partition coefficient (Wildman–Crippen LogP) is 3.85. The number of fused-ring (bicyclic) bond motifs is 1. The fraction of sp³-hybridized carbons (Fsp3) is 0.190. The summed E-state index contributed by atoms with van der Waals surface area (Å²) in [4.78, 5) is 11.8. The molecule has 28 heavy (non-hydrogen) atoms. The summed E-state index contributed by atoms with van der Waals surface area (Å²) in [6.07, 6.45) is 0.525. The number of primary amides is 1. The SMILES string of the molecule is C=CS(=O)(=O)N(C)c1cccc(-c2c(F)cc(C(N)=O)c3c2C(C)=C(C)C3)c1. The Labute approximate surface area is 164 Å². The van der Waals surface area contributed by atoms with Crippen LogP contribution in [0.3, 0.4) is 0 Å². The lowest BCUT2D eigenvalue weighted by Crippen LogP contribution is -2.23. The van der Waals surface area contributed by atoms with Gasteiger partial charge in [-0.1, -0.05) is 24.3 Å². The minimum atomic E-state index is -3.68. The van der Waals surface area contributed by atoms with E-state index in [1.807, 2.05) is 13.8 Å². The number of carbonyl (C=O) groups is 1. The van der Waals surface area contributed by atoms with Crippen LogP contribution < -0.4 is 10.0 Å². The molecule has 3 rings (SSSR count). The number of halogens is 1. The number of nitrogens with zero attached hydrogens (tertiary/aromatic N) is 1. The zero-order chi connectivity index (χ0) is 20.8. The molecule has 1 aliphatic carbocycles. The molecular formula is C21H21FN2O3S. The standard InChI is InChI=1S/C21H21FN2O3S/c1-5-28(26,27)24(4)15-8-6-7-14(10-15)20-18(22)11-17(21(23)25)16-9-12(2)13(3)19(16)20/h5-8,10-11H,1,9H2,2-4H3,(H2,23,25). The minimum Gasteiger partial charge on any atom is -0.366 e. The van der Waals surface area contributed by atoms with Gasteiger partial charge in [0.05, 0.1) is 5.69 Å². The van der Waals surface area contributed by atoms with Crippen LogP contribution in [-0.4, -0.2) is 21.4 Å². The van der Waals surface area contributed by atoms with Crippen molar-refractivity contribution in [1.82, 2.24) is 0 Å². The molecule has 7 heteroatoms. The van der Waals surface area contributed by atoms with Crippen molar-refractivity contribution in [3.63, 3.8) is 0 Å². The summed E-state index contributed by atoms with van der Waals surface area (Å²) in [5, 5.41) is 0.857. The van der Waals surface area contributed by atoms with Crippen LogP contribution in [-0.2, 0) is 16.4 Å². The molecule has 146 valence electrons. The lowest BCUT2D eigenvalue weighted by atomic mass is 9.90. The van der Waals surface area contributed by atoms with Gasteiger partial charge in [-0.3, -0.25) is 9.10 Å². The van der Waals surface area contributed by atoms with Crippen molar-refractivity contribution in [2.24, 2.45) is 5.73 Å². The Hall–Kier alpha value is -2.93. The highest BCUT2D eigenvalue weighted by Gasteiger charge is 2.28. The van der Waals surface area contributed by atoms with Crippen LogP contribution in [0.1, 0.15) is 35.3 Å². The molecule has 0 saturated heterocycles. The summed E-state index contributed by atoms with van der Waals surface area (Å²) in [6, 6.07) is 7.76. The maximum Gasteiger partial charge on any atom is 0.256 e. The number of sulfonamides is 1. The van der Waals surface area contributed by atoms with Crippen LogP contribution in [0.2, 0.25) is 0 Å². The van der Waals surface area contributed by atoms with Crippen molar-refractivity contribution < 1.29 is 17.6 Å². The van der Waals surface area contributed by atoms with Crippen molar-refractivity contribution in [2.45, 2.75) is 20.3 Å². The van der Waals surface area contributed by atoms with Crippen molar-refractivity contribution >= 4 is 27.2 Å². The third-order valence-corrected chi connectivity index (χ3v) is 6.60. The topological polar surface area (TPSA) is 80.5 Å². The van der Waals surface area contributed by atoms with Crippen LogP contribution >= 0.6 is 0 Å². The summed E-state index contributed by atoms with van der Waals surface area (Å²) in [7, 11) is -2.27. The van der Waals surface area contributed by atoms with Gasteiger partial charge in [-0.15, -0.1) is 0 Å². The number of hydrogen-bond acceptors (Lipinski definition) is 3. The van der Waals surface area contributed by atoms with Crippen molar-refractivity contribution in [1.29, 1.82) is 0 Å². The van der Waals surface area contributed by atoms with Gasteiger partial charge in [0.2, 0.25) is 5.91 Å². The van der Waals surface area contributed by atoms with Gasteiger partial charge in [0.15, 0.2) is 0 Å². The molecule has 0 fully saturated rings. The number of nitrogens with two attached hydrogens (primary N) is 1. The van der Waals surface area contributed by atoms with E-state index in [0.29, 0.717) is 34.4 Å². The monoisotopic (exact) mass is 400 g/mol. The molecule has 2 aromatic carbocycles. The molecule has 0 atom stereocenters. The number of anilines is 1. The molecule has 2 N–H and O–H groups in total. The second kappa shape index (κ2) is 6.91. The Balaban J connectivity index is 2.27. The Morgan fingerprint density at radius 2 is 1.93 bits per heavy atom. The number of benzene rings is 2. The van der Waals surface area contributed by atoms with E-state index in [2.05, 4.69) is 6.58 Å². The Morgan fingerprint density at radius 1 is 1.25 bits per heavy atom. The van der Waals surface area contributed by atoms with Gasteiger partial charge in [-0.2, -0.15) is 0 Å². The highest BCUT2D eigenvalue weighted by molar-refractivity contribution is 7.95. The van der Waals surface area contributed by atoms with Crippen LogP contribution in [0.15, 0.2) is 47.9 Å². The van der Waals surface area contributed by atoms with Crippen molar-refractivity contribution in [2.75, 3.05) is 11.4 Å². The maximum atomic E-state index is 15.1. The zero-order valence-electron chi connectivity index (χ0n) is 15.9. The van der Waals surface area contributed by atoms with Gasteiger partial charge in [0, 0.05) is 23.6 Å². The highest BCUT2D eigenvalue weighted by Crippen LogP contribution is 2.43. The zero-order valence-corrected chi connectivity index (χ0v) is 16.7. The van der Waals surface area contributed by atoms with Gasteiger partial charge in [0.1, 0.15) is 5.82 Å². The molecule has 1 amide bonds. The van der Waals surface area contributed by atoms with E-state index in [4.69, 9.17) is 5.73 Å². The first-order valence-corrected chi connectivity index (χ1v) is 10.1. The van der Waals surface area contributed by atoms with Crippen LogP contribution in [0, 0.1) is 5.82 Å². The summed E-state index contributed by atoms with van der Waals surface area (Å²) < 4.78 is 40.4. The van der Waals surface area contributed by atoms with E-state index in [-0.39, 0.29) is 5.56 Å². The second-order valence-electron chi connectivity index (χ2n) is 6.81. The molecule has 0 heterocycles. The van der Waals surface area contributed by atoms with E-state index in [1.54, 1.807) is 24.3 Å². The Morgan fingerprint density at radius 3 is 2.54 bits per heavy atom. The lowest BCUT2D eigenvalue weighted by Gasteiger charge is -2.19. The largest absolute Gasteiger partial charge is 0.366 e. The Kier molecular flexibility index (Phi) is 4.89. The smallest absolute Gasteiger partial charge is 0.256 e. The number of carbonyl (C=O) groups excluding carboxylic acids is 1. The van der Waals surface area contributed by atoms with Crippen molar-refractivity contribution in [3.05, 3.63) is 70.4 Å². The summed E-state index contributed by atoms with van der Waals surface area (Å²) in [5.74, 6) is -1.25. The molecule has 5 nitrogen and oxygen atoms in total. The van der Waals surface area contributed by atoms with Crippen LogP contribution in [0.4, 0.5) is 10.1 Å². The Bertz CT molecular complexity index is 1150. The third-order valence-electron chi connectivity index (χ3n) is 5.20. The van der Waals surface area contributed by atoms with Gasteiger partial charge in [-0.25, -0.2) is 12.8 Å². The average molecular weight is 400 g/mol. The highest BCUT2D eigenvalue weighted by atomic mass is 32.2. The second-order valence-corrected chi connectivity index (χ2v) is 8.72. The average Bonchev–Trinajstić information content (AvgIpc) is 2.95. The number of allylic oxidation sites excluding steroid dienone is 2. The van der Waals surface area contributed by atoms with E-state index >= 15 is 4.39 Å². The molecule has 0 spiro atoms. The number of amides is 1. The molecule has 0 saturated carbocycles. The van der Waals surface area contributed by atoms with Gasteiger partial charge in [-0.05, 0) is 60.7 Å². The van der Waals surface area contributed by atoms with Crippen LogP contribution in [0.25, 0.3) is 16.7 Å². The van der Waals surface area contributed by atoms with Crippen molar-refractivity contribution in [3.8, 4) is 11.1 Å². The first-order valence-electron chi connectivity index (χ1n) is 8.62. The summed E-state index contributed by atoms with van der Waals surface area (Å²) >= 11 is 0. The van der Waals surface area contributed by atoms with E-state index in [1.165, 1.54) is 13.1 Å². The molecule has 0 aliphatic heterocycles. The first kappa shape index (κ1) is 19.8. The molecular weight excluding hydrogens is 379 g/mol. The molecule has 2 aromatic rings. The van der Waals surface area contributed by atoms with Gasteiger partial charge < -0.3 is 5.73 Å². The van der Waals surface area contributed by atoms with E-state index in [0.717, 1.165) is 20.9 Å². The lowest BCUT2D eigenvalue weighted by molar-refractivity contribution is 0.0999. The molecule has 0 aromatic heterocycles. The maximum absolute atomic E-state index is 15.1. The number of rotatable bonds is 5. The van der Waals surface area contributed by atoms with Gasteiger partial charge >= 0.3 is 0 Å². The third kappa shape index (κ3) is 3.11. The molecule has 1 aliphatic rings.